The van der Waals surface area contributed by atoms with Gasteiger partial charge < -0.3 is 4.74 Å². The first-order chi connectivity index (χ1) is 8.87. The molecule has 1 saturated carbocycles. The van der Waals surface area contributed by atoms with Gasteiger partial charge in [0.15, 0.2) is 10.1 Å². The van der Waals surface area contributed by atoms with E-state index in [1.54, 1.807) is 24.3 Å². The van der Waals surface area contributed by atoms with Crippen molar-refractivity contribution in [1.82, 2.24) is 0 Å². The number of rotatable bonds is 4. The first-order valence-electron chi connectivity index (χ1n) is 6.00. The molecule has 2 rings (SSSR count). The van der Waals surface area contributed by atoms with E-state index in [1.165, 1.54) is 0 Å². The molecule has 0 bridgehead atoms. The van der Waals surface area contributed by atoms with Crippen LogP contribution in [-0.4, -0.2) is 22.7 Å². The van der Waals surface area contributed by atoms with E-state index in [0.717, 1.165) is 0 Å². The van der Waals surface area contributed by atoms with Gasteiger partial charge in [0.05, 0.1) is 12.2 Å². The van der Waals surface area contributed by atoms with Crippen LogP contribution in [0.3, 0.4) is 0 Å². The van der Waals surface area contributed by atoms with Crippen molar-refractivity contribution in [1.29, 1.82) is 0 Å². The number of alkyl halides is 2. The number of esters is 1. The molecule has 0 saturated heterocycles. The van der Waals surface area contributed by atoms with Gasteiger partial charge in [0.25, 0.3) is 0 Å². The Kier molecular flexibility index (Phi) is 3.88. The summed E-state index contributed by atoms with van der Waals surface area (Å²) in [6, 6.07) is 8.73. The zero-order valence-corrected chi connectivity index (χ0v) is 12.0. The van der Waals surface area contributed by atoms with Crippen molar-refractivity contribution in [2.24, 2.45) is 5.41 Å². The summed E-state index contributed by atoms with van der Waals surface area (Å²) in [6.45, 7) is 2.02. The number of Topliss-reactive ketones (excluding diaryl/α,β-unsaturated/α-hetero) is 1. The van der Waals surface area contributed by atoms with E-state index in [9.17, 15) is 9.59 Å². The highest BCUT2D eigenvalue weighted by Gasteiger charge is 2.61. The third-order valence-electron chi connectivity index (χ3n) is 3.56. The smallest absolute Gasteiger partial charge is 0.338 e. The predicted molar refractivity (Wildman–Crippen MR) is 73.5 cm³/mol. The third-order valence-corrected chi connectivity index (χ3v) is 4.89. The summed E-state index contributed by atoms with van der Waals surface area (Å²) in [7, 11) is 0. The summed E-state index contributed by atoms with van der Waals surface area (Å²) in [5, 5.41) is 0. The molecule has 1 aliphatic carbocycles. The summed E-state index contributed by atoms with van der Waals surface area (Å²) < 4.78 is 3.81. The first kappa shape index (κ1) is 14.4. The van der Waals surface area contributed by atoms with Crippen molar-refractivity contribution in [3.63, 3.8) is 0 Å². The molecule has 1 fully saturated rings. The molecule has 5 heteroatoms. The van der Waals surface area contributed by atoms with Gasteiger partial charge in [-0.1, -0.05) is 48.3 Å². The number of ketones is 1. The largest absolute Gasteiger partial charge is 0.462 e. The van der Waals surface area contributed by atoms with Crippen LogP contribution in [0.2, 0.25) is 0 Å². The van der Waals surface area contributed by atoms with Crippen molar-refractivity contribution >= 4 is 35.0 Å². The molecule has 0 N–H and O–H groups in total. The summed E-state index contributed by atoms with van der Waals surface area (Å²) in [4.78, 5) is 23.0. The van der Waals surface area contributed by atoms with Crippen molar-refractivity contribution in [2.75, 3.05) is 6.61 Å². The molecule has 1 unspecified atom stereocenters. The van der Waals surface area contributed by atoms with E-state index >= 15 is 0 Å². The van der Waals surface area contributed by atoms with Gasteiger partial charge in [-0.05, 0) is 18.6 Å². The van der Waals surface area contributed by atoms with Crippen molar-refractivity contribution in [3.05, 3.63) is 35.9 Å². The number of carbonyl (C=O) groups is 2. The second-order valence-corrected chi connectivity index (χ2v) is 6.31. The molecule has 1 aliphatic rings. The Labute approximate surface area is 121 Å². The molecule has 0 aliphatic heterocycles. The lowest BCUT2D eigenvalue weighted by Crippen LogP contribution is -2.56. The summed E-state index contributed by atoms with van der Waals surface area (Å²) in [5.74, 6) is -0.558. The fraction of sp³-hybridized carbons (Fsp3) is 0.429. The molecule has 102 valence electrons. The molecule has 0 spiro atoms. The average molecular weight is 301 g/mol. The van der Waals surface area contributed by atoms with E-state index in [2.05, 4.69) is 0 Å². The lowest BCUT2D eigenvalue weighted by Gasteiger charge is -2.47. The minimum atomic E-state index is -1.36. The minimum absolute atomic E-state index is 0.173. The van der Waals surface area contributed by atoms with E-state index in [-0.39, 0.29) is 18.4 Å². The van der Waals surface area contributed by atoms with Gasteiger partial charge >= 0.3 is 5.97 Å². The van der Waals surface area contributed by atoms with Crippen molar-refractivity contribution in [3.8, 4) is 0 Å². The van der Waals surface area contributed by atoms with Crippen LogP contribution in [-0.2, 0) is 9.53 Å². The molecular weight excluding hydrogens is 287 g/mol. The van der Waals surface area contributed by atoms with Gasteiger partial charge in [0, 0.05) is 11.8 Å². The molecule has 1 aromatic rings. The monoisotopic (exact) mass is 300 g/mol. The fourth-order valence-corrected chi connectivity index (χ4v) is 2.53. The van der Waals surface area contributed by atoms with Crippen LogP contribution < -0.4 is 0 Å². The highest BCUT2D eigenvalue weighted by Crippen LogP contribution is 2.56. The van der Waals surface area contributed by atoms with E-state index in [1.807, 2.05) is 13.0 Å². The Morgan fingerprint density at radius 1 is 1.32 bits per heavy atom. The van der Waals surface area contributed by atoms with Crippen LogP contribution in [0, 0.1) is 5.41 Å². The molecule has 0 amide bonds. The lowest BCUT2D eigenvalue weighted by molar-refractivity contribution is -0.134. The van der Waals surface area contributed by atoms with Crippen LogP contribution >= 0.6 is 23.2 Å². The SMILES string of the molecule is CC1(CCOC(=O)c2ccccc2)CC(=O)C1(Cl)Cl. The van der Waals surface area contributed by atoms with E-state index < -0.39 is 9.75 Å². The Bertz CT molecular complexity index is 499. The van der Waals surface area contributed by atoms with Crippen LogP contribution in [0.25, 0.3) is 0 Å². The normalized spacial score (nSPS) is 24.7. The summed E-state index contributed by atoms with van der Waals surface area (Å²) >= 11 is 11.9. The molecule has 0 heterocycles. The van der Waals surface area contributed by atoms with Gasteiger partial charge in [-0.3, -0.25) is 4.79 Å². The van der Waals surface area contributed by atoms with Crippen LogP contribution in [0.1, 0.15) is 30.1 Å². The number of benzene rings is 1. The number of carbonyl (C=O) groups excluding carboxylic acids is 2. The lowest BCUT2D eigenvalue weighted by atomic mass is 9.66. The van der Waals surface area contributed by atoms with Gasteiger partial charge in [0.2, 0.25) is 0 Å². The number of hydrogen-bond donors (Lipinski definition) is 0. The molecule has 3 nitrogen and oxygen atoms in total. The minimum Gasteiger partial charge on any atom is -0.462 e. The molecule has 1 aromatic carbocycles. The third kappa shape index (κ3) is 2.63. The Morgan fingerprint density at radius 2 is 1.95 bits per heavy atom. The molecule has 1 atom stereocenters. The zero-order chi connectivity index (χ0) is 14.1. The van der Waals surface area contributed by atoms with Crippen LogP contribution in [0.5, 0.6) is 0 Å². The number of hydrogen-bond acceptors (Lipinski definition) is 3. The maximum absolute atomic E-state index is 11.7. The van der Waals surface area contributed by atoms with E-state index in [0.29, 0.717) is 18.4 Å². The highest BCUT2D eigenvalue weighted by atomic mass is 35.5. The van der Waals surface area contributed by atoms with Gasteiger partial charge in [-0.15, -0.1) is 0 Å². The molecule has 19 heavy (non-hydrogen) atoms. The molecule has 0 aromatic heterocycles. The Morgan fingerprint density at radius 3 is 2.47 bits per heavy atom. The molecule has 0 radical (unpaired) electrons. The number of halogens is 2. The maximum atomic E-state index is 11.7. The van der Waals surface area contributed by atoms with Crippen molar-refractivity contribution in [2.45, 2.75) is 24.1 Å². The Hall–Kier alpha value is -1.06. The fourth-order valence-electron chi connectivity index (χ4n) is 2.08. The summed E-state index contributed by atoms with van der Waals surface area (Å²) in [5.41, 5.74) is -0.0233. The quantitative estimate of drug-likeness (QED) is 0.632. The predicted octanol–water partition coefficient (Wildman–Crippen LogP) is 3.39. The van der Waals surface area contributed by atoms with Gasteiger partial charge in [0.1, 0.15) is 0 Å². The van der Waals surface area contributed by atoms with E-state index in [4.69, 9.17) is 27.9 Å². The second-order valence-electron chi connectivity index (χ2n) is 4.99. The number of ether oxygens (including phenoxy) is 1. The highest BCUT2D eigenvalue weighted by molar-refractivity contribution is 6.61. The molecular formula is C14H14Cl2O3. The van der Waals surface area contributed by atoms with Gasteiger partial charge in [-0.25, -0.2) is 4.79 Å². The maximum Gasteiger partial charge on any atom is 0.338 e. The van der Waals surface area contributed by atoms with Crippen molar-refractivity contribution < 1.29 is 14.3 Å². The first-order valence-corrected chi connectivity index (χ1v) is 6.76. The standard InChI is InChI=1S/C14H14Cl2O3/c1-13(9-11(17)14(13,15)16)7-8-19-12(18)10-5-3-2-4-6-10/h2-6H,7-9H2,1H3. The topological polar surface area (TPSA) is 43.4 Å². The average Bonchev–Trinajstić information content (AvgIpc) is 2.39. The van der Waals surface area contributed by atoms with Crippen LogP contribution in [0.4, 0.5) is 0 Å². The van der Waals surface area contributed by atoms with Gasteiger partial charge in [-0.2, -0.15) is 0 Å². The zero-order valence-electron chi connectivity index (χ0n) is 10.5. The second kappa shape index (κ2) is 5.14. The van der Waals surface area contributed by atoms with Crippen LogP contribution in [0.15, 0.2) is 30.3 Å². The Balaban J connectivity index is 1.85. The summed E-state index contributed by atoms with van der Waals surface area (Å²) in [6.07, 6.45) is 0.785.